The summed E-state index contributed by atoms with van der Waals surface area (Å²) in [4.78, 5) is 11.9. The number of amides is 1. The Morgan fingerprint density at radius 1 is 1.10 bits per heavy atom. The molecule has 0 spiro atoms. The lowest BCUT2D eigenvalue weighted by atomic mass is 9.95. The van der Waals surface area contributed by atoms with Crippen LogP contribution in [0.25, 0.3) is 0 Å². The highest BCUT2D eigenvalue weighted by molar-refractivity contribution is 6.20. The fourth-order valence-electron chi connectivity index (χ4n) is 2.28. The van der Waals surface area contributed by atoms with Crippen LogP contribution in [-0.4, -0.2) is 17.3 Å². The maximum absolute atomic E-state index is 12.4. The van der Waals surface area contributed by atoms with Gasteiger partial charge in [-0.2, -0.15) is 13.2 Å². The Hall–Kier alpha value is -1.23. The van der Waals surface area contributed by atoms with E-state index in [0.717, 1.165) is 37.8 Å². The maximum Gasteiger partial charge on any atom is 0.416 e. The third-order valence-corrected chi connectivity index (χ3v) is 3.90. The van der Waals surface area contributed by atoms with Gasteiger partial charge in [0.05, 0.1) is 5.56 Å². The van der Waals surface area contributed by atoms with Gasteiger partial charge in [0.25, 0.3) is 5.91 Å². The van der Waals surface area contributed by atoms with Gasteiger partial charge in [-0.15, -0.1) is 11.6 Å². The molecule has 1 aliphatic rings. The predicted octanol–water partition coefficient (Wildman–Crippen LogP) is 3.99. The lowest BCUT2D eigenvalue weighted by molar-refractivity contribution is -0.137. The van der Waals surface area contributed by atoms with Crippen molar-refractivity contribution in [1.29, 1.82) is 0 Å². The molecule has 1 N–H and O–H groups in total. The van der Waals surface area contributed by atoms with Gasteiger partial charge in [-0.05, 0) is 49.9 Å². The van der Waals surface area contributed by atoms with E-state index in [4.69, 9.17) is 11.6 Å². The van der Waals surface area contributed by atoms with Gasteiger partial charge in [-0.3, -0.25) is 4.79 Å². The quantitative estimate of drug-likeness (QED) is 0.823. The molecule has 20 heavy (non-hydrogen) atoms. The summed E-state index contributed by atoms with van der Waals surface area (Å²) >= 11 is 5.98. The van der Waals surface area contributed by atoms with Gasteiger partial charge in [-0.25, -0.2) is 0 Å². The van der Waals surface area contributed by atoms with Crippen molar-refractivity contribution in [2.75, 3.05) is 0 Å². The lowest BCUT2D eigenvalue weighted by Crippen LogP contribution is -2.37. The van der Waals surface area contributed by atoms with Crippen molar-refractivity contribution >= 4 is 17.5 Å². The van der Waals surface area contributed by atoms with Gasteiger partial charge < -0.3 is 5.32 Å². The number of nitrogens with one attached hydrogen (secondary N) is 1. The molecule has 2 rings (SSSR count). The van der Waals surface area contributed by atoms with E-state index < -0.39 is 11.7 Å². The molecule has 1 amide bonds. The summed E-state index contributed by atoms with van der Waals surface area (Å²) in [7, 11) is 0. The van der Waals surface area contributed by atoms with E-state index in [0.29, 0.717) is 0 Å². The second-order valence-corrected chi connectivity index (χ2v) is 5.61. The normalized spacial score (nSPS) is 23.4. The van der Waals surface area contributed by atoms with Crippen LogP contribution in [0.5, 0.6) is 0 Å². The summed E-state index contributed by atoms with van der Waals surface area (Å²) in [5.41, 5.74) is -0.511. The van der Waals surface area contributed by atoms with E-state index >= 15 is 0 Å². The van der Waals surface area contributed by atoms with E-state index in [9.17, 15) is 18.0 Å². The highest BCUT2D eigenvalue weighted by Gasteiger charge is 2.30. The second kappa shape index (κ2) is 6.04. The van der Waals surface area contributed by atoms with Crippen molar-refractivity contribution in [2.45, 2.75) is 43.3 Å². The smallest absolute Gasteiger partial charge is 0.349 e. The summed E-state index contributed by atoms with van der Waals surface area (Å²) in [6.45, 7) is 0. The van der Waals surface area contributed by atoms with Gasteiger partial charge in [-0.1, -0.05) is 0 Å². The molecule has 0 saturated heterocycles. The summed E-state index contributed by atoms with van der Waals surface area (Å²) in [6, 6.07) is 4.30. The molecule has 1 aliphatic carbocycles. The van der Waals surface area contributed by atoms with Crippen LogP contribution < -0.4 is 5.32 Å². The van der Waals surface area contributed by atoms with E-state index in [1.807, 2.05) is 0 Å². The zero-order chi connectivity index (χ0) is 14.8. The molecule has 0 radical (unpaired) electrons. The van der Waals surface area contributed by atoms with Crippen molar-refractivity contribution in [3.63, 3.8) is 0 Å². The molecule has 0 bridgehead atoms. The molecular weight excluding hydrogens is 291 g/mol. The Kier molecular flexibility index (Phi) is 4.58. The second-order valence-electron chi connectivity index (χ2n) is 5.00. The number of carbonyl (C=O) groups is 1. The molecule has 1 aromatic carbocycles. The predicted molar refractivity (Wildman–Crippen MR) is 70.8 cm³/mol. The Bertz CT molecular complexity index is 464. The van der Waals surface area contributed by atoms with Gasteiger partial charge in [0.15, 0.2) is 0 Å². The zero-order valence-corrected chi connectivity index (χ0v) is 11.5. The Morgan fingerprint density at radius 2 is 1.65 bits per heavy atom. The van der Waals surface area contributed by atoms with Crippen LogP contribution in [0.3, 0.4) is 0 Å². The van der Waals surface area contributed by atoms with Gasteiger partial charge >= 0.3 is 6.18 Å². The molecule has 0 aliphatic heterocycles. The van der Waals surface area contributed by atoms with Crippen molar-refractivity contribution in [3.8, 4) is 0 Å². The van der Waals surface area contributed by atoms with E-state index in [1.54, 1.807) is 0 Å². The Balaban J connectivity index is 1.96. The topological polar surface area (TPSA) is 29.1 Å². The SMILES string of the molecule is O=C(NC1CCC(Cl)CC1)c1ccc(C(F)(F)F)cc1. The molecule has 0 heterocycles. The number of alkyl halides is 4. The Morgan fingerprint density at radius 3 is 2.15 bits per heavy atom. The molecule has 110 valence electrons. The van der Waals surface area contributed by atoms with Crippen molar-refractivity contribution < 1.29 is 18.0 Å². The van der Waals surface area contributed by atoms with Crippen molar-refractivity contribution in [2.24, 2.45) is 0 Å². The minimum Gasteiger partial charge on any atom is -0.349 e. The summed E-state index contributed by atoms with van der Waals surface area (Å²) < 4.78 is 37.3. The number of carbonyl (C=O) groups excluding carboxylic acids is 1. The van der Waals surface area contributed by atoms with Gasteiger partial charge in [0.1, 0.15) is 0 Å². The van der Waals surface area contributed by atoms with Crippen molar-refractivity contribution in [1.82, 2.24) is 5.32 Å². The van der Waals surface area contributed by atoms with Crippen LogP contribution in [0.4, 0.5) is 13.2 Å². The highest BCUT2D eigenvalue weighted by Crippen LogP contribution is 2.29. The average Bonchev–Trinajstić information content (AvgIpc) is 2.40. The van der Waals surface area contributed by atoms with E-state index in [1.165, 1.54) is 12.1 Å². The van der Waals surface area contributed by atoms with Crippen LogP contribution in [-0.2, 0) is 6.18 Å². The first-order valence-electron chi connectivity index (χ1n) is 6.48. The average molecular weight is 306 g/mol. The number of rotatable bonds is 2. The number of hydrogen-bond acceptors (Lipinski definition) is 1. The van der Waals surface area contributed by atoms with Gasteiger partial charge in [0.2, 0.25) is 0 Å². The van der Waals surface area contributed by atoms with Crippen LogP contribution >= 0.6 is 11.6 Å². The summed E-state index contributed by atoms with van der Waals surface area (Å²) in [5, 5.41) is 3.00. The van der Waals surface area contributed by atoms with Crippen LogP contribution in [0.15, 0.2) is 24.3 Å². The molecular formula is C14H15ClF3NO. The van der Waals surface area contributed by atoms with E-state index in [2.05, 4.69) is 5.32 Å². The molecule has 0 aromatic heterocycles. The van der Waals surface area contributed by atoms with E-state index in [-0.39, 0.29) is 22.9 Å². The minimum absolute atomic E-state index is 0.0554. The Labute approximate surface area is 120 Å². The van der Waals surface area contributed by atoms with Crippen molar-refractivity contribution in [3.05, 3.63) is 35.4 Å². The molecule has 0 atom stereocenters. The summed E-state index contributed by atoms with van der Waals surface area (Å²) in [5.74, 6) is -0.336. The lowest BCUT2D eigenvalue weighted by Gasteiger charge is -2.25. The zero-order valence-electron chi connectivity index (χ0n) is 10.7. The first kappa shape index (κ1) is 15.2. The third kappa shape index (κ3) is 3.88. The first-order valence-corrected chi connectivity index (χ1v) is 6.92. The van der Waals surface area contributed by atoms with Crippen LogP contribution in [0.2, 0.25) is 0 Å². The fourth-order valence-corrected chi connectivity index (χ4v) is 2.53. The molecule has 0 unspecified atom stereocenters. The number of halogens is 4. The molecule has 1 fully saturated rings. The standard InChI is InChI=1S/C14H15ClF3NO/c15-11-5-7-12(8-6-11)19-13(20)9-1-3-10(4-2-9)14(16,17)18/h1-4,11-12H,5-8H2,(H,19,20). The molecule has 2 nitrogen and oxygen atoms in total. The monoisotopic (exact) mass is 305 g/mol. The molecule has 1 aromatic rings. The molecule has 6 heteroatoms. The molecule has 1 saturated carbocycles. The fraction of sp³-hybridized carbons (Fsp3) is 0.500. The number of hydrogen-bond donors (Lipinski definition) is 1. The van der Waals surface area contributed by atoms with Crippen LogP contribution in [0.1, 0.15) is 41.6 Å². The van der Waals surface area contributed by atoms with Crippen LogP contribution in [0, 0.1) is 0 Å². The largest absolute Gasteiger partial charge is 0.416 e. The maximum atomic E-state index is 12.4. The summed E-state index contributed by atoms with van der Waals surface area (Å²) in [6.07, 6.45) is -1.08. The van der Waals surface area contributed by atoms with Gasteiger partial charge in [0, 0.05) is 17.0 Å². The first-order chi connectivity index (χ1) is 9.36. The minimum atomic E-state index is -4.38. The third-order valence-electron chi connectivity index (χ3n) is 3.47. The number of benzene rings is 1. The highest BCUT2D eigenvalue weighted by atomic mass is 35.5.